The summed E-state index contributed by atoms with van der Waals surface area (Å²) in [6, 6.07) is 0. The summed E-state index contributed by atoms with van der Waals surface area (Å²) in [7, 11) is 3.51. The van der Waals surface area contributed by atoms with E-state index in [2.05, 4.69) is 22.6 Å². The van der Waals surface area contributed by atoms with Crippen LogP contribution < -0.4 is 0 Å². The Hall–Kier alpha value is -0.640. The Balaban J connectivity index is 4.37. The van der Waals surface area contributed by atoms with Gasteiger partial charge >= 0.3 is 0 Å². The van der Waals surface area contributed by atoms with Crippen molar-refractivity contribution in [2.45, 2.75) is 18.2 Å². The largest absolute Gasteiger partial charge is 0.315 e. The third-order valence-electron chi connectivity index (χ3n) is 1.37. The molecule has 0 saturated carbocycles. The maximum atomic E-state index is 11.6. The van der Waals surface area contributed by atoms with Crippen molar-refractivity contribution in [3.8, 4) is 0 Å². The summed E-state index contributed by atoms with van der Waals surface area (Å²) in [5.41, 5.74) is 0. The van der Waals surface area contributed by atoms with Crippen LogP contribution in [0.1, 0.15) is 13.8 Å². The minimum Gasteiger partial charge on any atom is -0.315 e. The van der Waals surface area contributed by atoms with Gasteiger partial charge in [0, 0.05) is 7.05 Å². The molecule has 0 saturated heterocycles. The third kappa shape index (κ3) is 4.83. The summed E-state index contributed by atoms with van der Waals surface area (Å²) in [6.07, 6.45) is 3.40. The highest BCUT2D eigenvalue weighted by atomic mass is 79.9. The molecule has 0 aromatic rings. The van der Waals surface area contributed by atoms with Crippen LogP contribution in [-0.2, 0) is 4.79 Å². The molecule has 0 rings (SSSR count). The molecule has 13 heavy (non-hydrogen) atoms. The Morgan fingerprint density at radius 1 is 1.62 bits per heavy atom. The van der Waals surface area contributed by atoms with Gasteiger partial charge in [0.2, 0.25) is 5.91 Å². The molecule has 0 aliphatic rings. The smallest absolute Gasteiger partial charge is 0.242 e. The van der Waals surface area contributed by atoms with Crippen molar-refractivity contribution in [2.75, 3.05) is 14.1 Å². The fourth-order valence-corrected chi connectivity index (χ4v) is 0.981. The Kier molecular flexibility index (Phi) is 4.33. The normalized spacial score (nSPS) is 11.8. The first-order valence-electron chi connectivity index (χ1n) is 3.93. The van der Waals surface area contributed by atoms with Gasteiger partial charge < -0.3 is 4.90 Å². The van der Waals surface area contributed by atoms with E-state index in [4.69, 9.17) is 0 Å². The number of hydrogen-bond donors (Lipinski definition) is 0. The Labute approximate surface area is 87.9 Å². The van der Waals surface area contributed by atoms with Crippen molar-refractivity contribution in [3.05, 3.63) is 12.4 Å². The van der Waals surface area contributed by atoms with Gasteiger partial charge in [0.15, 0.2) is 6.20 Å². The molecule has 0 heterocycles. The van der Waals surface area contributed by atoms with Gasteiger partial charge in [-0.05, 0) is 13.8 Å². The van der Waals surface area contributed by atoms with Gasteiger partial charge in [-0.25, -0.2) is 4.58 Å². The molecule has 0 aromatic carbocycles. The zero-order chi connectivity index (χ0) is 10.6. The average molecular weight is 248 g/mol. The Morgan fingerprint density at radius 2 is 2.08 bits per heavy atom. The summed E-state index contributed by atoms with van der Waals surface area (Å²) in [4.78, 5) is 13.1. The number of carbonyl (C=O) groups is 1. The van der Waals surface area contributed by atoms with Crippen LogP contribution in [0.15, 0.2) is 12.4 Å². The first-order chi connectivity index (χ1) is 5.75. The molecule has 0 unspecified atom stereocenters. The van der Waals surface area contributed by atoms with Gasteiger partial charge in [0.1, 0.15) is 13.8 Å². The zero-order valence-corrected chi connectivity index (χ0v) is 10.1. The molecule has 0 aliphatic heterocycles. The summed E-state index contributed by atoms with van der Waals surface area (Å²) in [5.74, 6) is 0.00519. The highest BCUT2D eigenvalue weighted by Gasteiger charge is 2.26. The molecule has 0 fully saturated rings. The Morgan fingerprint density at radius 3 is 2.38 bits per heavy atom. The third-order valence-corrected chi connectivity index (χ3v) is 1.71. The van der Waals surface area contributed by atoms with E-state index in [1.807, 2.05) is 13.8 Å². The van der Waals surface area contributed by atoms with Crippen molar-refractivity contribution in [3.63, 3.8) is 0 Å². The van der Waals surface area contributed by atoms with Crippen molar-refractivity contribution < 1.29 is 9.37 Å². The van der Waals surface area contributed by atoms with Gasteiger partial charge in [-0.1, -0.05) is 15.9 Å². The molecule has 0 atom stereocenters. The van der Waals surface area contributed by atoms with Crippen LogP contribution in [0, 0.1) is 0 Å². The topological polar surface area (TPSA) is 23.3 Å². The van der Waals surface area contributed by atoms with Crippen LogP contribution in [0.5, 0.6) is 0 Å². The fourth-order valence-electron chi connectivity index (χ4n) is 0.701. The number of carbonyl (C=O) groups excluding carboxylic acids is 1. The fraction of sp³-hybridized carbons (Fsp3) is 0.556. The molecule has 0 N–H and O–H groups in total. The predicted octanol–water partition coefficient (Wildman–Crippen LogP) is 1.43. The van der Waals surface area contributed by atoms with Gasteiger partial charge in [-0.15, -0.1) is 0 Å². The van der Waals surface area contributed by atoms with Crippen LogP contribution >= 0.6 is 15.9 Å². The quantitative estimate of drug-likeness (QED) is 0.421. The number of amides is 1. The van der Waals surface area contributed by atoms with Crippen molar-refractivity contribution in [1.29, 1.82) is 0 Å². The molecule has 0 bridgehead atoms. The lowest BCUT2D eigenvalue weighted by Crippen LogP contribution is -2.36. The highest BCUT2D eigenvalue weighted by Crippen LogP contribution is 2.18. The maximum Gasteiger partial charge on any atom is 0.242 e. The van der Waals surface area contributed by atoms with Crippen molar-refractivity contribution >= 4 is 28.6 Å². The summed E-state index contributed by atoms with van der Waals surface area (Å²) in [5, 5.41) is 0. The molecule has 74 valence electrons. The molecule has 0 spiro atoms. The van der Waals surface area contributed by atoms with E-state index >= 15 is 0 Å². The lowest BCUT2D eigenvalue weighted by Gasteiger charge is -2.20. The van der Waals surface area contributed by atoms with E-state index in [9.17, 15) is 4.79 Å². The second-order valence-electron chi connectivity index (χ2n) is 3.44. The minimum absolute atomic E-state index is 0.00519. The number of nitrogens with zero attached hydrogens (tertiary/aromatic N) is 2. The van der Waals surface area contributed by atoms with E-state index in [1.165, 1.54) is 4.90 Å². The first-order valence-corrected chi connectivity index (χ1v) is 4.72. The Bertz CT molecular complexity index is 240. The van der Waals surface area contributed by atoms with Crippen LogP contribution in [-0.4, -0.2) is 40.5 Å². The molecule has 0 radical (unpaired) electrons. The predicted molar refractivity (Wildman–Crippen MR) is 58.2 cm³/mol. The van der Waals surface area contributed by atoms with Gasteiger partial charge in [0.25, 0.3) is 0 Å². The van der Waals surface area contributed by atoms with E-state index in [1.54, 1.807) is 31.1 Å². The van der Waals surface area contributed by atoms with Crippen molar-refractivity contribution in [1.82, 2.24) is 4.90 Å². The second kappa shape index (κ2) is 4.56. The number of rotatable bonds is 3. The SMILES string of the molecule is C=[N+](C)C=CN(C)C(=O)C(C)(C)Br. The summed E-state index contributed by atoms with van der Waals surface area (Å²) >= 11 is 3.30. The van der Waals surface area contributed by atoms with Crippen LogP contribution in [0.4, 0.5) is 0 Å². The van der Waals surface area contributed by atoms with Crippen LogP contribution in [0.2, 0.25) is 0 Å². The van der Waals surface area contributed by atoms with Crippen molar-refractivity contribution in [2.24, 2.45) is 0 Å². The zero-order valence-electron chi connectivity index (χ0n) is 8.54. The lowest BCUT2D eigenvalue weighted by molar-refractivity contribution is -0.412. The maximum absolute atomic E-state index is 11.6. The van der Waals surface area contributed by atoms with Gasteiger partial charge in [-0.2, -0.15) is 0 Å². The molecule has 0 aliphatic carbocycles. The monoisotopic (exact) mass is 247 g/mol. The number of halogens is 1. The van der Waals surface area contributed by atoms with Crippen LogP contribution in [0.3, 0.4) is 0 Å². The lowest BCUT2D eigenvalue weighted by atomic mass is 10.2. The molecule has 4 heteroatoms. The second-order valence-corrected chi connectivity index (χ2v) is 5.43. The molecule has 1 amide bonds. The van der Waals surface area contributed by atoms with E-state index in [0.717, 1.165) is 0 Å². The summed E-state index contributed by atoms with van der Waals surface area (Å²) in [6.45, 7) is 7.25. The molecule has 0 aromatic heterocycles. The average Bonchev–Trinajstić information content (AvgIpc) is 1.96. The van der Waals surface area contributed by atoms with Crippen LogP contribution in [0.25, 0.3) is 0 Å². The number of hydrogen-bond acceptors (Lipinski definition) is 1. The minimum atomic E-state index is -0.522. The highest BCUT2D eigenvalue weighted by molar-refractivity contribution is 9.10. The molecule has 3 nitrogen and oxygen atoms in total. The van der Waals surface area contributed by atoms with Gasteiger partial charge in [-0.3, -0.25) is 4.79 Å². The van der Waals surface area contributed by atoms with E-state index in [0.29, 0.717) is 0 Å². The summed E-state index contributed by atoms with van der Waals surface area (Å²) < 4.78 is 1.11. The molecular weight excluding hydrogens is 232 g/mol. The van der Waals surface area contributed by atoms with E-state index < -0.39 is 4.32 Å². The molecular formula is C9H16BrN2O+. The van der Waals surface area contributed by atoms with Gasteiger partial charge in [0.05, 0.1) is 10.5 Å². The standard InChI is InChI=1S/C9H16BrN2O/c1-9(2,10)8(13)12(5)7-6-11(3)4/h6-7H,3H2,1-2,4-5H3/q+1. The number of alkyl halides is 1. The van der Waals surface area contributed by atoms with E-state index in [-0.39, 0.29) is 5.91 Å². The first kappa shape index (κ1) is 12.4.